The predicted octanol–water partition coefficient (Wildman–Crippen LogP) is 0.882. The van der Waals surface area contributed by atoms with Crippen molar-refractivity contribution >= 4 is 12.1 Å². The zero-order valence-corrected chi connectivity index (χ0v) is 14.7. The predicted molar refractivity (Wildman–Crippen MR) is 92.9 cm³/mol. The molecule has 2 atom stereocenters. The topological polar surface area (TPSA) is 76.7 Å². The third kappa shape index (κ3) is 4.63. The van der Waals surface area contributed by atoms with Gasteiger partial charge in [0, 0.05) is 44.3 Å². The van der Waals surface area contributed by atoms with Crippen LogP contribution in [-0.4, -0.2) is 73.2 Å². The van der Waals surface area contributed by atoms with Gasteiger partial charge < -0.3 is 25.8 Å². The molecule has 4 amide bonds. The highest BCUT2D eigenvalue weighted by atomic mass is 16.2. The van der Waals surface area contributed by atoms with E-state index in [1.807, 2.05) is 6.92 Å². The third-order valence-corrected chi connectivity index (χ3v) is 5.07. The van der Waals surface area contributed by atoms with Crippen molar-refractivity contribution in [2.75, 3.05) is 33.2 Å². The lowest BCUT2D eigenvalue weighted by molar-refractivity contribution is 0.204. The summed E-state index contributed by atoms with van der Waals surface area (Å²) in [5.74, 6) is 0. The molecule has 7 nitrogen and oxygen atoms in total. The number of hydrogen-bond acceptors (Lipinski definition) is 3. The molecule has 134 valence electrons. The van der Waals surface area contributed by atoms with E-state index in [1.54, 1.807) is 4.90 Å². The van der Waals surface area contributed by atoms with Crippen LogP contribution in [0.4, 0.5) is 9.59 Å². The molecular weight excluding hydrogens is 306 g/mol. The maximum Gasteiger partial charge on any atom is 0.317 e. The zero-order chi connectivity index (χ0) is 17.1. The van der Waals surface area contributed by atoms with Crippen LogP contribution in [0.15, 0.2) is 11.6 Å². The Kier molecular flexibility index (Phi) is 5.28. The largest absolute Gasteiger partial charge is 0.335 e. The smallest absolute Gasteiger partial charge is 0.317 e. The fourth-order valence-corrected chi connectivity index (χ4v) is 3.25. The van der Waals surface area contributed by atoms with Gasteiger partial charge in [-0.1, -0.05) is 6.08 Å². The van der Waals surface area contributed by atoms with Crippen molar-refractivity contribution in [2.45, 2.75) is 50.7 Å². The molecule has 7 heteroatoms. The number of likely N-dealkylation sites (tertiary alicyclic amines) is 1. The molecular formula is C17H29N5O2. The zero-order valence-electron chi connectivity index (χ0n) is 14.7. The molecule has 0 aromatic heterocycles. The second kappa shape index (κ2) is 7.42. The quantitative estimate of drug-likeness (QED) is 0.668. The van der Waals surface area contributed by atoms with E-state index in [-0.39, 0.29) is 24.1 Å². The van der Waals surface area contributed by atoms with Gasteiger partial charge in [-0.2, -0.15) is 0 Å². The number of rotatable bonds is 4. The Labute approximate surface area is 143 Å². The summed E-state index contributed by atoms with van der Waals surface area (Å²) in [7, 11) is 2.10. The second-order valence-electron chi connectivity index (χ2n) is 7.29. The standard InChI is InChI=1S/C17H29N5O2/c1-12(13-5-8-21(2)9-6-13)18-17(24)22-10-7-15(11-22)20-16(23)19-14-3-4-14/h5,12,14-15H,3-4,6-11H2,1-2H3,(H,18,24)(H2,19,20,23). The molecule has 1 saturated carbocycles. The number of amides is 4. The molecule has 0 radical (unpaired) electrons. The number of carbonyl (C=O) groups excluding carboxylic acids is 2. The average Bonchev–Trinajstić information content (AvgIpc) is 3.22. The van der Waals surface area contributed by atoms with E-state index in [1.165, 1.54) is 5.57 Å². The molecule has 1 aliphatic carbocycles. The lowest BCUT2D eigenvalue weighted by atomic mass is 10.0. The third-order valence-electron chi connectivity index (χ3n) is 5.07. The van der Waals surface area contributed by atoms with Crippen molar-refractivity contribution in [3.63, 3.8) is 0 Å². The first-order valence-corrected chi connectivity index (χ1v) is 9.01. The number of hydrogen-bond donors (Lipinski definition) is 3. The van der Waals surface area contributed by atoms with Gasteiger partial charge in [-0.15, -0.1) is 0 Å². The van der Waals surface area contributed by atoms with Crippen LogP contribution in [-0.2, 0) is 0 Å². The summed E-state index contributed by atoms with van der Waals surface area (Å²) >= 11 is 0. The summed E-state index contributed by atoms with van der Waals surface area (Å²) in [5.41, 5.74) is 1.30. The molecule has 2 unspecified atom stereocenters. The molecule has 3 rings (SSSR count). The van der Waals surface area contributed by atoms with Gasteiger partial charge in [-0.3, -0.25) is 0 Å². The van der Waals surface area contributed by atoms with Gasteiger partial charge in [0.1, 0.15) is 0 Å². The van der Waals surface area contributed by atoms with Crippen molar-refractivity contribution in [1.29, 1.82) is 0 Å². The highest BCUT2D eigenvalue weighted by molar-refractivity contribution is 5.77. The first-order valence-electron chi connectivity index (χ1n) is 9.01. The Bertz CT molecular complexity index is 517. The van der Waals surface area contributed by atoms with Gasteiger partial charge in [0.25, 0.3) is 0 Å². The molecule has 0 aromatic rings. The van der Waals surface area contributed by atoms with E-state index in [0.29, 0.717) is 19.1 Å². The van der Waals surface area contributed by atoms with Crippen molar-refractivity contribution < 1.29 is 9.59 Å². The maximum absolute atomic E-state index is 12.4. The van der Waals surface area contributed by atoms with Crippen LogP contribution in [0.5, 0.6) is 0 Å². The Morgan fingerprint density at radius 2 is 1.92 bits per heavy atom. The van der Waals surface area contributed by atoms with E-state index >= 15 is 0 Å². The van der Waals surface area contributed by atoms with Crippen LogP contribution >= 0.6 is 0 Å². The van der Waals surface area contributed by atoms with Crippen molar-refractivity contribution in [2.24, 2.45) is 0 Å². The number of nitrogens with zero attached hydrogens (tertiary/aromatic N) is 2. The first-order chi connectivity index (χ1) is 11.5. The number of urea groups is 2. The van der Waals surface area contributed by atoms with Gasteiger partial charge in [0.2, 0.25) is 0 Å². The normalized spacial score (nSPS) is 25.8. The molecule has 1 saturated heterocycles. The van der Waals surface area contributed by atoms with E-state index in [2.05, 4.69) is 34.0 Å². The molecule has 3 aliphatic rings. The van der Waals surface area contributed by atoms with Gasteiger partial charge in [0.05, 0.1) is 0 Å². The van der Waals surface area contributed by atoms with Crippen molar-refractivity contribution in [1.82, 2.24) is 25.8 Å². The Balaban J connectivity index is 1.41. The van der Waals surface area contributed by atoms with Gasteiger partial charge in [0.15, 0.2) is 0 Å². The van der Waals surface area contributed by atoms with Gasteiger partial charge in [-0.05, 0) is 45.2 Å². The fourth-order valence-electron chi connectivity index (χ4n) is 3.25. The highest BCUT2D eigenvalue weighted by Gasteiger charge is 2.30. The van der Waals surface area contributed by atoms with Crippen LogP contribution in [0.3, 0.4) is 0 Å². The SMILES string of the molecule is CC(NC(=O)N1CCC(NC(=O)NC2CC2)C1)C1=CCN(C)CC1. The summed E-state index contributed by atoms with van der Waals surface area (Å²) in [6.45, 7) is 5.30. The minimum Gasteiger partial charge on any atom is -0.335 e. The summed E-state index contributed by atoms with van der Waals surface area (Å²) in [5, 5.41) is 8.99. The summed E-state index contributed by atoms with van der Waals surface area (Å²) in [6, 6.07) is 0.335. The monoisotopic (exact) mass is 335 g/mol. The van der Waals surface area contributed by atoms with E-state index in [0.717, 1.165) is 38.8 Å². The molecule has 0 spiro atoms. The van der Waals surface area contributed by atoms with E-state index in [9.17, 15) is 9.59 Å². The Hall–Kier alpha value is -1.76. The molecule has 24 heavy (non-hydrogen) atoms. The summed E-state index contributed by atoms with van der Waals surface area (Å²) in [6.07, 6.45) is 6.19. The van der Waals surface area contributed by atoms with Crippen molar-refractivity contribution in [3.05, 3.63) is 11.6 Å². The van der Waals surface area contributed by atoms with E-state index < -0.39 is 0 Å². The average molecular weight is 335 g/mol. The fraction of sp³-hybridized carbons (Fsp3) is 0.765. The van der Waals surface area contributed by atoms with Gasteiger partial charge in [-0.25, -0.2) is 9.59 Å². The van der Waals surface area contributed by atoms with Crippen LogP contribution in [0.1, 0.15) is 32.6 Å². The van der Waals surface area contributed by atoms with Gasteiger partial charge >= 0.3 is 12.1 Å². The summed E-state index contributed by atoms with van der Waals surface area (Å²) < 4.78 is 0. The minimum absolute atomic E-state index is 0.0331. The van der Waals surface area contributed by atoms with Crippen LogP contribution < -0.4 is 16.0 Å². The minimum atomic E-state index is -0.102. The lowest BCUT2D eigenvalue weighted by Gasteiger charge is -2.27. The van der Waals surface area contributed by atoms with Crippen molar-refractivity contribution in [3.8, 4) is 0 Å². The molecule has 3 N–H and O–H groups in total. The second-order valence-corrected chi connectivity index (χ2v) is 7.29. The maximum atomic E-state index is 12.4. The number of likely N-dealkylation sites (N-methyl/N-ethyl adjacent to an activating group) is 1. The lowest BCUT2D eigenvalue weighted by Crippen LogP contribution is -2.47. The van der Waals surface area contributed by atoms with Crippen LogP contribution in [0, 0.1) is 0 Å². The molecule has 2 fully saturated rings. The van der Waals surface area contributed by atoms with Crippen LogP contribution in [0.2, 0.25) is 0 Å². The van der Waals surface area contributed by atoms with Crippen LogP contribution in [0.25, 0.3) is 0 Å². The molecule has 0 bridgehead atoms. The Morgan fingerprint density at radius 1 is 1.17 bits per heavy atom. The molecule has 2 heterocycles. The van der Waals surface area contributed by atoms with E-state index in [4.69, 9.17) is 0 Å². The molecule has 2 aliphatic heterocycles. The number of nitrogens with one attached hydrogen (secondary N) is 3. The highest BCUT2D eigenvalue weighted by Crippen LogP contribution is 2.18. The first kappa shape index (κ1) is 17.1. The summed E-state index contributed by atoms with van der Waals surface area (Å²) in [4.78, 5) is 28.3. The Morgan fingerprint density at radius 3 is 2.58 bits per heavy atom. The molecule has 0 aromatic carbocycles. The number of carbonyl (C=O) groups is 2.